The lowest BCUT2D eigenvalue weighted by Gasteiger charge is -2.17. The van der Waals surface area contributed by atoms with E-state index in [1.165, 1.54) is 11.6 Å². The van der Waals surface area contributed by atoms with Gasteiger partial charge in [-0.05, 0) is 11.5 Å². The van der Waals surface area contributed by atoms with Gasteiger partial charge in [-0.2, -0.15) is 0 Å². The standard InChI is InChI=1S/C27H25F3N2O4/c1-4-16(2)10-23(33)24-26(36-15-17-8-6-5-7-9-17)25(34)20(14-32(24)3)27(35)31-13-19-21(29)11-18(28)12-22(19)30/h4-9,11-12,14,16H,1,10,13,15H2,2-3H3,(H,31,35)/t16-/m0/s1. The topological polar surface area (TPSA) is 77.4 Å². The van der Waals surface area contributed by atoms with E-state index in [0.29, 0.717) is 12.1 Å². The Bertz CT molecular complexity index is 1330. The minimum Gasteiger partial charge on any atom is -0.483 e. The number of pyridine rings is 1. The predicted octanol–water partition coefficient (Wildman–Crippen LogP) is 4.71. The molecule has 188 valence electrons. The molecule has 3 aromatic rings. The number of ketones is 1. The van der Waals surface area contributed by atoms with Gasteiger partial charge in [0.25, 0.3) is 5.91 Å². The minimum atomic E-state index is -1.18. The van der Waals surface area contributed by atoms with Crippen LogP contribution < -0.4 is 15.5 Å². The number of amides is 1. The molecule has 1 N–H and O–H groups in total. The van der Waals surface area contributed by atoms with E-state index < -0.39 is 46.5 Å². The van der Waals surface area contributed by atoms with Gasteiger partial charge >= 0.3 is 0 Å². The number of aryl methyl sites for hydroxylation is 1. The summed E-state index contributed by atoms with van der Waals surface area (Å²) < 4.78 is 48.1. The van der Waals surface area contributed by atoms with Gasteiger partial charge in [-0.15, -0.1) is 6.58 Å². The number of carbonyl (C=O) groups is 2. The summed E-state index contributed by atoms with van der Waals surface area (Å²) in [6.07, 6.45) is 2.83. The lowest BCUT2D eigenvalue weighted by Crippen LogP contribution is -2.32. The minimum absolute atomic E-state index is 0.0168. The first kappa shape index (κ1) is 26.5. The van der Waals surface area contributed by atoms with Crippen LogP contribution in [0, 0.1) is 23.4 Å². The van der Waals surface area contributed by atoms with Crippen molar-refractivity contribution >= 4 is 11.7 Å². The van der Waals surface area contributed by atoms with Crippen molar-refractivity contribution in [3.8, 4) is 5.75 Å². The molecule has 0 fully saturated rings. The van der Waals surface area contributed by atoms with Crippen LogP contribution in [-0.2, 0) is 20.2 Å². The normalized spacial score (nSPS) is 11.6. The summed E-state index contributed by atoms with van der Waals surface area (Å²) in [5.74, 6) is -5.25. The van der Waals surface area contributed by atoms with Crippen molar-refractivity contribution in [3.63, 3.8) is 0 Å². The summed E-state index contributed by atoms with van der Waals surface area (Å²) in [5, 5.41) is 2.27. The summed E-state index contributed by atoms with van der Waals surface area (Å²) >= 11 is 0. The van der Waals surface area contributed by atoms with Gasteiger partial charge < -0.3 is 14.6 Å². The fourth-order valence-electron chi connectivity index (χ4n) is 3.53. The Hall–Kier alpha value is -4.14. The molecule has 3 rings (SSSR count). The fraction of sp³-hybridized carbons (Fsp3) is 0.222. The zero-order valence-electron chi connectivity index (χ0n) is 19.8. The molecule has 9 heteroatoms. The zero-order chi connectivity index (χ0) is 26.4. The maximum Gasteiger partial charge on any atom is 0.257 e. The Morgan fingerprint density at radius 2 is 1.78 bits per heavy atom. The van der Waals surface area contributed by atoms with Crippen LogP contribution in [0.5, 0.6) is 5.75 Å². The Balaban J connectivity index is 1.96. The molecule has 1 aromatic heterocycles. The maximum atomic E-state index is 13.9. The number of hydrogen-bond donors (Lipinski definition) is 1. The number of halogens is 3. The average Bonchev–Trinajstić information content (AvgIpc) is 2.83. The number of aromatic nitrogens is 1. The fourth-order valence-corrected chi connectivity index (χ4v) is 3.53. The number of Topliss-reactive ketones (excluding diaryl/α,β-unsaturated/α-hetero) is 1. The monoisotopic (exact) mass is 498 g/mol. The van der Waals surface area contributed by atoms with E-state index in [9.17, 15) is 27.6 Å². The van der Waals surface area contributed by atoms with Crippen molar-refractivity contribution in [2.45, 2.75) is 26.5 Å². The van der Waals surface area contributed by atoms with Crippen molar-refractivity contribution in [3.05, 3.63) is 111 Å². The zero-order valence-corrected chi connectivity index (χ0v) is 19.8. The van der Waals surface area contributed by atoms with Crippen molar-refractivity contribution < 1.29 is 27.5 Å². The van der Waals surface area contributed by atoms with Crippen LogP contribution in [0.25, 0.3) is 0 Å². The Kier molecular flexibility index (Phi) is 8.47. The molecule has 0 bridgehead atoms. The van der Waals surface area contributed by atoms with Crippen LogP contribution in [0.1, 0.15) is 45.3 Å². The molecule has 0 spiro atoms. The van der Waals surface area contributed by atoms with Gasteiger partial charge in [0.1, 0.15) is 35.3 Å². The number of nitrogens with zero attached hydrogens (tertiary/aromatic N) is 1. The second kappa shape index (κ2) is 11.5. The summed E-state index contributed by atoms with van der Waals surface area (Å²) in [6.45, 7) is 4.80. The van der Waals surface area contributed by atoms with E-state index >= 15 is 0 Å². The first-order chi connectivity index (χ1) is 17.1. The predicted molar refractivity (Wildman–Crippen MR) is 128 cm³/mol. The van der Waals surface area contributed by atoms with Crippen molar-refractivity contribution in [2.24, 2.45) is 13.0 Å². The van der Waals surface area contributed by atoms with E-state index in [1.807, 2.05) is 6.07 Å². The summed E-state index contributed by atoms with van der Waals surface area (Å²) in [5.41, 5.74) is -1.09. The SMILES string of the molecule is C=C[C@H](C)CC(=O)c1c(OCc2ccccc2)c(=O)c(C(=O)NCc2c(F)cc(F)cc2F)cn1C. The molecule has 0 saturated carbocycles. The van der Waals surface area contributed by atoms with Gasteiger partial charge in [-0.1, -0.05) is 43.3 Å². The average molecular weight is 499 g/mol. The van der Waals surface area contributed by atoms with Gasteiger partial charge in [0.05, 0.1) is 0 Å². The van der Waals surface area contributed by atoms with Gasteiger partial charge in [0, 0.05) is 43.9 Å². The summed E-state index contributed by atoms with van der Waals surface area (Å²) in [7, 11) is 1.48. The molecular weight excluding hydrogens is 473 g/mol. The molecule has 0 aliphatic carbocycles. The first-order valence-corrected chi connectivity index (χ1v) is 11.1. The largest absolute Gasteiger partial charge is 0.483 e. The lowest BCUT2D eigenvalue weighted by molar-refractivity contribution is 0.0935. The van der Waals surface area contributed by atoms with Gasteiger partial charge in [0.15, 0.2) is 11.5 Å². The third kappa shape index (κ3) is 6.10. The second-order valence-corrected chi connectivity index (χ2v) is 8.31. The number of allylic oxidation sites excluding steroid dienone is 1. The molecule has 2 aromatic carbocycles. The van der Waals surface area contributed by atoms with E-state index in [2.05, 4.69) is 11.9 Å². The van der Waals surface area contributed by atoms with E-state index in [-0.39, 0.29) is 36.2 Å². The number of ether oxygens (including phenoxy) is 1. The quantitative estimate of drug-likeness (QED) is 0.325. The third-order valence-electron chi connectivity index (χ3n) is 5.52. The molecule has 1 heterocycles. The summed E-state index contributed by atoms with van der Waals surface area (Å²) in [4.78, 5) is 39.1. The lowest BCUT2D eigenvalue weighted by atomic mass is 10.0. The number of nitrogens with one attached hydrogen (secondary N) is 1. The molecule has 0 unspecified atom stereocenters. The van der Waals surface area contributed by atoms with E-state index in [1.54, 1.807) is 37.3 Å². The van der Waals surface area contributed by atoms with Crippen LogP contribution in [0.4, 0.5) is 13.2 Å². The van der Waals surface area contributed by atoms with Gasteiger partial charge in [0.2, 0.25) is 5.43 Å². The van der Waals surface area contributed by atoms with Crippen LogP contribution in [0.2, 0.25) is 0 Å². The van der Waals surface area contributed by atoms with Crippen LogP contribution in [0.3, 0.4) is 0 Å². The van der Waals surface area contributed by atoms with Crippen LogP contribution in [-0.4, -0.2) is 16.3 Å². The highest BCUT2D eigenvalue weighted by Crippen LogP contribution is 2.21. The van der Waals surface area contributed by atoms with Crippen molar-refractivity contribution in [2.75, 3.05) is 0 Å². The Morgan fingerprint density at radius 1 is 1.14 bits per heavy atom. The molecule has 1 atom stereocenters. The summed E-state index contributed by atoms with van der Waals surface area (Å²) in [6, 6.07) is 9.90. The molecule has 36 heavy (non-hydrogen) atoms. The number of hydrogen-bond acceptors (Lipinski definition) is 4. The van der Waals surface area contributed by atoms with Crippen molar-refractivity contribution in [1.82, 2.24) is 9.88 Å². The highest BCUT2D eigenvalue weighted by atomic mass is 19.1. The Morgan fingerprint density at radius 3 is 2.39 bits per heavy atom. The molecule has 1 amide bonds. The van der Waals surface area contributed by atoms with Crippen LogP contribution in [0.15, 0.2) is 66.1 Å². The molecule has 6 nitrogen and oxygen atoms in total. The third-order valence-corrected chi connectivity index (χ3v) is 5.52. The van der Waals surface area contributed by atoms with Gasteiger partial charge in [-0.3, -0.25) is 14.4 Å². The molecule has 0 aliphatic rings. The smallest absolute Gasteiger partial charge is 0.257 e. The Labute approximate surface area is 206 Å². The maximum absolute atomic E-state index is 13.9. The first-order valence-electron chi connectivity index (χ1n) is 11.1. The van der Waals surface area contributed by atoms with E-state index in [0.717, 1.165) is 11.8 Å². The molecule has 0 aliphatic heterocycles. The van der Waals surface area contributed by atoms with Crippen LogP contribution >= 0.6 is 0 Å². The number of benzene rings is 2. The number of carbonyl (C=O) groups excluding carboxylic acids is 2. The molecular formula is C27H25F3N2O4. The van der Waals surface area contributed by atoms with E-state index in [4.69, 9.17) is 4.74 Å². The molecule has 0 radical (unpaired) electrons. The number of rotatable bonds is 10. The highest BCUT2D eigenvalue weighted by molar-refractivity contribution is 5.99. The van der Waals surface area contributed by atoms with Gasteiger partial charge in [-0.25, -0.2) is 13.2 Å². The highest BCUT2D eigenvalue weighted by Gasteiger charge is 2.25. The second-order valence-electron chi connectivity index (χ2n) is 8.31. The van der Waals surface area contributed by atoms with Crippen molar-refractivity contribution in [1.29, 1.82) is 0 Å². The molecule has 0 saturated heterocycles.